The number of carbonyl (C=O) groups is 1. The van der Waals surface area contributed by atoms with Crippen LogP contribution in [0.1, 0.15) is 6.92 Å². The Kier molecular flexibility index (Phi) is 3.46. The highest BCUT2D eigenvalue weighted by Crippen LogP contribution is 2.18. The molecule has 0 unspecified atom stereocenters. The van der Waals surface area contributed by atoms with E-state index in [1.54, 1.807) is 36.2 Å². The topological polar surface area (TPSA) is 81.4 Å². The van der Waals surface area contributed by atoms with Crippen LogP contribution < -0.4 is 5.32 Å². The molecule has 0 spiro atoms. The van der Waals surface area contributed by atoms with Gasteiger partial charge in [0.05, 0.1) is 18.5 Å². The molecule has 0 aromatic carbocycles. The standard InChI is InChI=1S/C14H13N5O2/c1-2-21-14(20)18-12-8-19-9-16-11(6-13(19)17-12)10-4-3-5-15-7-10/h3-9H,2H2,1H3,(H,18,20). The molecule has 1 amide bonds. The van der Waals surface area contributed by atoms with Crippen molar-refractivity contribution in [2.45, 2.75) is 6.92 Å². The lowest BCUT2D eigenvalue weighted by molar-refractivity contribution is 0.168. The fraction of sp³-hybridized carbons (Fsp3) is 0.143. The average Bonchev–Trinajstić information content (AvgIpc) is 2.89. The van der Waals surface area contributed by atoms with Crippen molar-refractivity contribution in [1.82, 2.24) is 19.4 Å². The summed E-state index contributed by atoms with van der Waals surface area (Å²) in [5, 5.41) is 2.56. The first kappa shape index (κ1) is 13.0. The molecule has 3 rings (SSSR count). The van der Waals surface area contributed by atoms with E-state index in [0.717, 1.165) is 11.3 Å². The van der Waals surface area contributed by atoms with E-state index in [4.69, 9.17) is 4.74 Å². The summed E-state index contributed by atoms with van der Waals surface area (Å²) in [5.41, 5.74) is 2.35. The number of nitrogens with zero attached hydrogens (tertiary/aromatic N) is 4. The van der Waals surface area contributed by atoms with Gasteiger partial charge in [-0.05, 0) is 19.1 Å². The first-order chi connectivity index (χ1) is 10.3. The third-order valence-electron chi connectivity index (χ3n) is 2.81. The van der Waals surface area contributed by atoms with Crippen LogP contribution in [-0.4, -0.2) is 32.1 Å². The van der Waals surface area contributed by atoms with Crippen molar-refractivity contribution in [3.05, 3.63) is 43.1 Å². The summed E-state index contributed by atoms with van der Waals surface area (Å²) in [6, 6.07) is 5.60. The zero-order valence-electron chi connectivity index (χ0n) is 11.4. The second-order valence-corrected chi connectivity index (χ2v) is 4.25. The largest absolute Gasteiger partial charge is 0.450 e. The molecule has 0 bridgehead atoms. The minimum absolute atomic E-state index is 0.311. The molecule has 7 nitrogen and oxygen atoms in total. The second-order valence-electron chi connectivity index (χ2n) is 4.25. The van der Waals surface area contributed by atoms with E-state index in [1.165, 1.54) is 0 Å². The number of hydrogen-bond donors (Lipinski definition) is 1. The molecule has 21 heavy (non-hydrogen) atoms. The Morgan fingerprint density at radius 1 is 1.48 bits per heavy atom. The number of amides is 1. The van der Waals surface area contributed by atoms with Crippen molar-refractivity contribution < 1.29 is 9.53 Å². The van der Waals surface area contributed by atoms with Crippen molar-refractivity contribution in [3.63, 3.8) is 0 Å². The molecule has 0 aliphatic heterocycles. The van der Waals surface area contributed by atoms with Gasteiger partial charge >= 0.3 is 6.09 Å². The van der Waals surface area contributed by atoms with Gasteiger partial charge in [-0.2, -0.15) is 0 Å². The van der Waals surface area contributed by atoms with E-state index >= 15 is 0 Å². The second kappa shape index (κ2) is 5.58. The predicted octanol–water partition coefficient (Wildman–Crippen LogP) is 2.36. The number of anilines is 1. The molecule has 3 aromatic rings. The van der Waals surface area contributed by atoms with Crippen molar-refractivity contribution in [3.8, 4) is 11.3 Å². The van der Waals surface area contributed by atoms with Crippen LogP contribution in [0.2, 0.25) is 0 Å². The van der Waals surface area contributed by atoms with Crippen molar-refractivity contribution in [2.75, 3.05) is 11.9 Å². The van der Waals surface area contributed by atoms with Gasteiger partial charge in [0.25, 0.3) is 0 Å². The van der Waals surface area contributed by atoms with Gasteiger partial charge in [0, 0.05) is 24.0 Å². The van der Waals surface area contributed by atoms with E-state index in [0.29, 0.717) is 18.1 Å². The quantitative estimate of drug-likeness (QED) is 0.798. The van der Waals surface area contributed by atoms with Crippen LogP contribution in [0.3, 0.4) is 0 Å². The molecular formula is C14H13N5O2. The lowest BCUT2D eigenvalue weighted by Gasteiger charge is -2.00. The van der Waals surface area contributed by atoms with Gasteiger partial charge in [0.15, 0.2) is 5.82 Å². The number of hydrogen-bond acceptors (Lipinski definition) is 5. The molecule has 3 heterocycles. The van der Waals surface area contributed by atoms with E-state index in [2.05, 4.69) is 20.3 Å². The Morgan fingerprint density at radius 3 is 3.14 bits per heavy atom. The number of fused-ring (bicyclic) bond motifs is 1. The normalized spacial score (nSPS) is 10.5. The predicted molar refractivity (Wildman–Crippen MR) is 76.9 cm³/mol. The number of aromatic nitrogens is 4. The molecule has 0 radical (unpaired) electrons. The minimum atomic E-state index is -0.527. The average molecular weight is 283 g/mol. The molecular weight excluding hydrogens is 270 g/mol. The zero-order valence-corrected chi connectivity index (χ0v) is 11.4. The van der Waals surface area contributed by atoms with Crippen LogP contribution in [0.5, 0.6) is 0 Å². The molecule has 7 heteroatoms. The minimum Gasteiger partial charge on any atom is -0.450 e. The van der Waals surface area contributed by atoms with Gasteiger partial charge in [-0.15, -0.1) is 0 Å². The Morgan fingerprint density at radius 2 is 2.38 bits per heavy atom. The van der Waals surface area contributed by atoms with Crippen LogP contribution in [0.4, 0.5) is 10.6 Å². The highest BCUT2D eigenvalue weighted by atomic mass is 16.5. The summed E-state index contributed by atoms with van der Waals surface area (Å²) in [6.45, 7) is 2.05. The third-order valence-corrected chi connectivity index (χ3v) is 2.81. The fourth-order valence-electron chi connectivity index (χ4n) is 1.90. The van der Waals surface area contributed by atoms with Crippen molar-refractivity contribution in [1.29, 1.82) is 0 Å². The molecule has 1 N–H and O–H groups in total. The Balaban J connectivity index is 1.90. The molecule has 0 aliphatic rings. The van der Waals surface area contributed by atoms with Crippen LogP contribution >= 0.6 is 0 Å². The summed E-state index contributed by atoms with van der Waals surface area (Å²) >= 11 is 0. The lowest BCUT2D eigenvalue weighted by Crippen LogP contribution is -2.13. The summed E-state index contributed by atoms with van der Waals surface area (Å²) in [4.78, 5) is 24.1. The molecule has 0 saturated heterocycles. The van der Waals surface area contributed by atoms with Gasteiger partial charge in [-0.25, -0.2) is 14.8 Å². The van der Waals surface area contributed by atoms with Gasteiger partial charge in [-0.1, -0.05) is 0 Å². The summed E-state index contributed by atoms with van der Waals surface area (Å²) in [7, 11) is 0. The zero-order chi connectivity index (χ0) is 14.7. The number of rotatable bonds is 3. The summed E-state index contributed by atoms with van der Waals surface area (Å²) in [6.07, 6.45) is 6.23. The number of carbonyl (C=O) groups excluding carboxylic acids is 1. The van der Waals surface area contributed by atoms with Crippen LogP contribution in [0.15, 0.2) is 43.1 Å². The molecule has 0 fully saturated rings. The number of nitrogens with one attached hydrogen (secondary N) is 1. The summed E-state index contributed by atoms with van der Waals surface area (Å²) < 4.78 is 6.54. The van der Waals surface area contributed by atoms with E-state index < -0.39 is 6.09 Å². The highest BCUT2D eigenvalue weighted by molar-refractivity contribution is 5.83. The maximum Gasteiger partial charge on any atom is 0.412 e. The lowest BCUT2D eigenvalue weighted by atomic mass is 10.2. The maximum absolute atomic E-state index is 11.4. The van der Waals surface area contributed by atoms with Gasteiger partial charge in [0.1, 0.15) is 12.0 Å². The van der Waals surface area contributed by atoms with E-state index in [-0.39, 0.29) is 0 Å². The first-order valence-electron chi connectivity index (χ1n) is 6.45. The fourth-order valence-corrected chi connectivity index (χ4v) is 1.90. The van der Waals surface area contributed by atoms with Crippen molar-refractivity contribution >= 4 is 17.6 Å². The number of imidazole rings is 1. The van der Waals surface area contributed by atoms with Crippen LogP contribution in [0, 0.1) is 0 Å². The van der Waals surface area contributed by atoms with Gasteiger partial charge in [-0.3, -0.25) is 14.7 Å². The van der Waals surface area contributed by atoms with Crippen LogP contribution in [0.25, 0.3) is 16.9 Å². The molecule has 0 aliphatic carbocycles. The highest BCUT2D eigenvalue weighted by Gasteiger charge is 2.08. The number of ether oxygens (including phenoxy) is 1. The third kappa shape index (κ3) is 2.81. The Bertz CT molecular complexity index is 769. The summed E-state index contributed by atoms with van der Waals surface area (Å²) in [5.74, 6) is 0.415. The molecule has 106 valence electrons. The first-order valence-corrected chi connectivity index (χ1v) is 6.45. The van der Waals surface area contributed by atoms with Crippen molar-refractivity contribution in [2.24, 2.45) is 0 Å². The SMILES string of the molecule is CCOC(=O)Nc1cn2cnc(-c3cccnc3)cc2n1. The molecule has 0 atom stereocenters. The van der Waals surface area contributed by atoms with Gasteiger partial charge in [0.2, 0.25) is 0 Å². The maximum atomic E-state index is 11.4. The smallest absolute Gasteiger partial charge is 0.412 e. The molecule has 3 aromatic heterocycles. The van der Waals surface area contributed by atoms with Crippen LogP contribution in [-0.2, 0) is 4.74 Å². The Labute approximate surface area is 120 Å². The monoisotopic (exact) mass is 283 g/mol. The molecule has 0 saturated carbocycles. The van der Waals surface area contributed by atoms with Gasteiger partial charge < -0.3 is 4.74 Å². The van der Waals surface area contributed by atoms with E-state index in [1.807, 2.05) is 18.2 Å². The van der Waals surface area contributed by atoms with E-state index in [9.17, 15) is 4.79 Å². The number of pyridine rings is 1. The Hall–Kier alpha value is -2.96.